The fourth-order valence-corrected chi connectivity index (χ4v) is 7.41. The summed E-state index contributed by atoms with van der Waals surface area (Å²) in [7, 11) is -3.49. The number of sulfonamides is 1. The number of amides is 1. The lowest BCUT2D eigenvalue weighted by atomic mass is 10.1. The van der Waals surface area contributed by atoms with E-state index in [-0.39, 0.29) is 11.9 Å². The first-order valence-electron chi connectivity index (χ1n) is 10.3. The van der Waals surface area contributed by atoms with Gasteiger partial charge in [-0.3, -0.25) is 4.79 Å². The molecular weight excluding hydrogens is 464 g/mol. The number of aryl methyl sites for hydroxylation is 1. The second kappa shape index (κ2) is 8.43. The standard InChI is InChI=1S/C22H22N4O3S3/c1-15-18-14-19(31-22(18)26(23-15)17-6-3-2-4-7-17)21(27)25-11-9-16(10-12-25)24-32(28,29)20-8-5-13-30-20/h2-8,13-14,16,24H,9-12H2,1H3. The lowest BCUT2D eigenvalue weighted by molar-refractivity contribution is 0.0716. The van der Waals surface area contributed by atoms with Crippen LogP contribution in [0.25, 0.3) is 15.9 Å². The molecule has 0 spiro atoms. The largest absolute Gasteiger partial charge is 0.338 e. The summed E-state index contributed by atoms with van der Waals surface area (Å²) in [5.74, 6) is -0.00947. The maximum atomic E-state index is 13.2. The molecule has 10 heteroatoms. The van der Waals surface area contributed by atoms with Gasteiger partial charge in [-0.1, -0.05) is 24.3 Å². The van der Waals surface area contributed by atoms with E-state index in [1.54, 1.807) is 17.5 Å². The average molecular weight is 487 g/mol. The highest BCUT2D eigenvalue weighted by Crippen LogP contribution is 2.31. The normalized spacial score (nSPS) is 15.5. The van der Waals surface area contributed by atoms with Gasteiger partial charge in [0.2, 0.25) is 10.0 Å². The number of nitrogens with zero attached hydrogens (tertiary/aromatic N) is 3. The fraction of sp³-hybridized carbons (Fsp3) is 0.273. The highest BCUT2D eigenvalue weighted by Gasteiger charge is 2.29. The van der Waals surface area contributed by atoms with Gasteiger partial charge in [-0.2, -0.15) is 5.10 Å². The van der Waals surface area contributed by atoms with Gasteiger partial charge in [-0.05, 0) is 49.4 Å². The number of nitrogens with one attached hydrogen (secondary N) is 1. The predicted molar refractivity (Wildman–Crippen MR) is 127 cm³/mol. The molecule has 0 saturated carbocycles. The number of hydrogen-bond acceptors (Lipinski definition) is 6. The van der Waals surface area contributed by atoms with Crippen molar-refractivity contribution in [2.24, 2.45) is 0 Å². The number of likely N-dealkylation sites (tertiary alicyclic amines) is 1. The summed E-state index contributed by atoms with van der Waals surface area (Å²) in [5, 5.41) is 7.37. The van der Waals surface area contributed by atoms with Gasteiger partial charge < -0.3 is 4.90 Å². The lowest BCUT2D eigenvalue weighted by Crippen LogP contribution is -2.46. The molecule has 7 nitrogen and oxygen atoms in total. The van der Waals surface area contributed by atoms with Crippen LogP contribution in [0.15, 0.2) is 58.1 Å². The Bertz CT molecular complexity index is 1350. The van der Waals surface area contributed by atoms with Gasteiger partial charge in [0.05, 0.1) is 16.3 Å². The number of piperidine rings is 1. The van der Waals surface area contributed by atoms with E-state index in [9.17, 15) is 13.2 Å². The Kier molecular flexibility index (Phi) is 5.62. The molecule has 1 aliphatic rings. The fourth-order valence-electron chi connectivity index (χ4n) is 3.95. The van der Waals surface area contributed by atoms with Crippen LogP contribution in [0.3, 0.4) is 0 Å². The van der Waals surface area contributed by atoms with Crippen molar-refractivity contribution in [3.05, 3.63) is 64.5 Å². The molecule has 1 fully saturated rings. The Morgan fingerprint density at radius 2 is 1.88 bits per heavy atom. The number of rotatable bonds is 5. The molecule has 0 bridgehead atoms. The minimum Gasteiger partial charge on any atom is -0.338 e. The Labute approximate surface area is 194 Å². The van der Waals surface area contributed by atoms with Crippen molar-refractivity contribution in [3.63, 3.8) is 0 Å². The molecule has 0 unspecified atom stereocenters. The minimum absolute atomic E-state index is 0.00947. The monoisotopic (exact) mass is 486 g/mol. The van der Waals surface area contributed by atoms with Crippen molar-refractivity contribution >= 4 is 48.8 Å². The van der Waals surface area contributed by atoms with Crippen molar-refractivity contribution in [2.45, 2.75) is 30.0 Å². The molecule has 1 N–H and O–H groups in total. The van der Waals surface area contributed by atoms with E-state index in [0.29, 0.717) is 35.0 Å². The zero-order valence-corrected chi connectivity index (χ0v) is 19.8. The Hall–Kier alpha value is -2.53. The molecule has 4 heterocycles. The summed E-state index contributed by atoms with van der Waals surface area (Å²) < 4.78 is 29.9. The summed E-state index contributed by atoms with van der Waals surface area (Å²) in [4.78, 5) is 16.6. The van der Waals surface area contributed by atoms with Crippen LogP contribution in [-0.4, -0.2) is 48.1 Å². The van der Waals surface area contributed by atoms with Crippen LogP contribution in [0.5, 0.6) is 0 Å². The number of para-hydroxylation sites is 1. The summed E-state index contributed by atoms with van der Waals surface area (Å²) in [6, 6.07) is 15.0. The molecular formula is C22H22N4O3S3. The maximum Gasteiger partial charge on any atom is 0.264 e. The minimum atomic E-state index is -3.49. The number of carbonyl (C=O) groups is 1. The van der Waals surface area contributed by atoms with Crippen molar-refractivity contribution in [1.82, 2.24) is 19.4 Å². The van der Waals surface area contributed by atoms with Gasteiger partial charge in [-0.25, -0.2) is 17.8 Å². The van der Waals surface area contributed by atoms with E-state index >= 15 is 0 Å². The van der Waals surface area contributed by atoms with E-state index in [2.05, 4.69) is 9.82 Å². The first kappa shape index (κ1) is 21.3. The zero-order chi connectivity index (χ0) is 22.3. The van der Waals surface area contributed by atoms with Crippen molar-refractivity contribution in [2.75, 3.05) is 13.1 Å². The second-order valence-electron chi connectivity index (χ2n) is 7.78. The molecule has 1 aliphatic heterocycles. The van der Waals surface area contributed by atoms with E-state index in [0.717, 1.165) is 21.6 Å². The van der Waals surface area contributed by atoms with E-state index in [4.69, 9.17) is 0 Å². The highest BCUT2D eigenvalue weighted by molar-refractivity contribution is 7.91. The zero-order valence-electron chi connectivity index (χ0n) is 17.4. The molecule has 32 heavy (non-hydrogen) atoms. The Morgan fingerprint density at radius 1 is 1.12 bits per heavy atom. The smallest absolute Gasteiger partial charge is 0.264 e. The lowest BCUT2D eigenvalue weighted by Gasteiger charge is -2.31. The number of hydrogen-bond donors (Lipinski definition) is 1. The Balaban J connectivity index is 1.29. The van der Waals surface area contributed by atoms with E-state index in [1.807, 2.05) is 52.9 Å². The van der Waals surface area contributed by atoms with Crippen LogP contribution in [0, 0.1) is 6.92 Å². The first-order chi connectivity index (χ1) is 15.4. The summed E-state index contributed by atoms with van der Waals surface area (Å²) in [5.41, 5.74) is 1.85. The SMILES string of the molecule is Cc1nn(-c2ccccc2)c2sc(C(=O)N3CCC(NS(=O)(=O)c4cccs4)CC3)cc12. The van der Waals surface area contributed by atoms with Crippen LogP contribution in [0.4, 0.5) is 0 Å². The van der Waals surface area contributed by atoms with Crippen molar-refractivity contribution < 1.29 is 13.2 Å². The molecule has 166 valence electrons. The van der Waals surface area contributed by atoms with Crippen LogP contribution in [0.1, 0.15) is 28.2 Å². The van der Waals surface area contributed by atoms with Gasteiger partial charge in [0.15, 0.2) is 0 Å². The number of fused-ring (bicyclic) bond motifs is 1. The molecule has 1 saturated heterocycles. The molecule has 0 atom stereocenters. The third-order valence-electron chi connectivity index (χ3n) is 5.62. The van der Waals surface area contributed by atoms with Gasteiger partial charge in [0.25, 0.3) is 5.91 Å². The van der Waals surface area contributed by atoms with Gasteiger partial charge >= 0.3 is 0 Å². The van der Waals surface area contributed by atoms with Crippen LogP contribution in [0.2, 0.25) is 0 Å². The van der Waals surface area contributed by atoms with Crippen LogP contribution >= 0.6 is 22.7 Å². The molecule has 0 radical (unpaired) electrons. The predicted octanol–water partition coefficient (Wildman–Crippen LogP) is 4.04. The highest BCUT2D eigenvalue weighted by atomic mass is 32.2. The molecule has 4 aromatic rings. The summed E-state index contributed by atoms with van der Waals surface area (Å²) >= 11 is 2.65. The van der Waals surface area contributed by atoms with E-state index < -0.39 is 10.0 Å². The van der Waals surface area contributed by atoms with Crippen LogP contribution in [-0.2, 0) is 10.0 Å². The topological polar surface area (TPSA) is 84.3 Å². The number of aromatic nitrogens is 2. The number of benzene rings is 1. The number of thiophene rings is 2. The second-order valence-corrected chi connectivity index (χ2v) is 11.7. The summed E-state index contributed by atoms with van der Waals surface area (Å²) in [6.07, 6.45) is 1.19. The van der Waals surface area contributed by atoms with Gasteiger partial charge in [0, 0.05) is 24.5 Å². The van der Waals surface area contributed by atoms with Crippen molar-refractivity contribution in [3.8, 4) is 5.69 Å². The molecule has 1 aromatic carbocycles. The number of carbonyl (C=O) groups excluding carboxylic acids is 1. The van der Waals surface area contributed by atoms with Gasteiger partial charge in [-0.15, -0.1) is 22.7 Å². The quantitative estimate of drug-likeness (QED) is 0.461. The van der Waals surface area contributed by atoms with Crippen molar-refractivity contribution in [1.29, 1.82) is 0 Å². The molecule has 5 rings (SSSR count). The maximum absolute atomic E-state index is 13.2. The Morgan fingerprint density at radius 3 is 2.56 bits per heavy atom. The third kappa shape index (κ3) is 3.99. The molecule has 0 aliphatic carbocycles. The first-order valence-corrected chi connectivity index (χ1v) is 13.5. The van der Waals surface area contributed by atoms with Crippen LogP contribution < -0.4 is 4.72 Å². The summed E-state index contributed by atoms with van der Waals surface area (Å²) in [6.45, 7) is 3.00. The average Bonchev–Trinajstić information content (AvgIpc) is 3.53. The third-order valence-corrected chi connectivity index (χ3v) is 9.64. The molecule has 3 aromatic heterocycles. The molecule has 1 amide bonds. The van der Waals surface area contributed by atoms with E-state index in [1.165, 1.54) is 22.7 Å². The van der Waals surface area contributed by atoms with Gasteiger partial charge in [0.1, 0.15) is 9.04 Å².